The van der Waals surface area contributed by atoms with Crippen molar-refractivity contribution < 1.29 is 0 Å². The zero-order valence-corrected chi connectivity index (χ0v) is 16.1. The molecule has 3 rings (SSSR count). The maximum atomic E-state index is 6.26. The molecule has 2 aromatic heterocycles. The molecular weight excluding hydrogens is 350 g/mol. The van der Waals surface area contributed by atoms with E-state index in [0.717, 1.165) is 33.9 Å². The normalized spacial score (nSPS) is 11.0. The number of aliphatic imine (C=N–C) groups is 2. The van der Waals surface area contributed by atoms with Crippen LogP contribution in [0.1, 0.15) is 18.2 Å². The van der Waals surface area contributed by atoms with Gasteiger partial charge >= 0.3 is 0 Å². The quantitative estimate of drug-likeness (QED) is 0.386. The summed E-state index contributed by atoms with van der Waals surface area (Å²) >= 11 is 0. The predicted octanol–water partition coefficient (Wildman–Crippen LogP) is 3.82. The maximum Gasteiger partial charge on any atom is 0.146 e. The summed E-state index contributed by atoms with van der Waals surface area (Å²) in [6.45, 7) is 8.01. The minimum absolute atomic E-state index is 0.565. The summed E-state index contributed by atoms with van der Waals surface area (Å²) < 4.78 is 0. The standard InChI is InChI=1S/C21H23N7/c1-4-24-21-16(6-5-7-18(21)23-3)10-11-28(22)20-12-19(26-14-27-20)17-9-8-15(2)25-13-17/h4-9,12-14H,3,10-11,22H2,1-2H3. The summed E-state index contributed by atoms with van der Waals surface area (Å²) in [7, 11) is 0. The van der Waals surface area contributed by atoms with Crippen LogP contribution in [0.5, 0.6) is 0 Å². The Labute approximate surface area is 164 Å². The van der Waals surface area contributed by atoms with Crippen LogP contribution in [0.3, 0.4) is 0 Å². The third kappa shape index (κ3) is 4.44. The molecule has 0 aliphatic heterocycles. The number of hydrazine groups is 1. The minimum Gasteiger partial charge on any atom is -0.294 e. The molecule has 28 heavy (non-hydrogen) atoms. The van der Waals surface area contributed by atoms with E-state index in [9.17, 15) is 0 Å². The molecule has 142 valence electrons. The molecule has 0 saturated carbocycles. The van der Waals surface area contributed by atoms with E-state index < -0.39 is 0 Å². The topological polar surface area (TPSA) is 92.7 Å². The van der Waals surface area contributed by atoms with Gasteiger partial charge in [0.15, 0.2) is 0 Å². The first kappa shape index (κ1) is 19.3. The Kier molecular flexibility index (Phi) is 6.18. The van der Waals surface area contributed by atoms with Gasteiger partial charge in [0, 0.05) is 36.3 Å². The largest absolute Gasteiger partial charge is 0.294 e. The fourth-order valence-electron chi connectivity index (χ4n) is 2.82. The van der Waals surface area contributed by atoms with Crippen LogP contribution in [0.4, 0.5) is 17.2 Å². The Balaban J connectivity index is 1.77. The van der Waals surface area contributed by atoms with E-state index in [1.807, 2.05) is 50.2 Å². The minimum atomic E-state index is 0.565. The summed E-state index contributed by atoms with van der Waals surface area (Å²) in [5.41, 5.74) is 5.29. The molecule has 0 unspecified atom stereocenters. The van der Waals surface area contributed by atoms with Gasteiger partial charge < -0.3 is 0 Å². The molecule has 0 aliphatic carbocycles. The third-order valence-electron chi connectivity index (χ3n) is 4.30. The molecule has 0 bridgehead atoms. The van der Waals surface area contributed by atoms with Crippen molar-refractivity contribution in [3.05, 3.63) is 60.2 Å². The number of pyridine rings is 1. The smallest absolute Gasteiger partial charge is 0.146 e. The first-order valence-corrected chi connectivity index (χ1v) is 8.97. The highest BCUT2D eigenvalue weighted by Gasteiger charge is 2.10. The van der Waals surface area contributed by atoms with Crippen LogP contribution in [-0.4, -0.2) is 34.4 Å². The van der Waals surface area contributed by atoms with Gasteiger partial charge in [0.25, 0.3) is 0 Å². The maximum absolute atomic E-state index is 6.26. The van der Waals surface area contributed by atoms with Gasteiger partial charge in [0.05, 0.1) is 17.1 Å². The summed E-state index contributed by atoms with van der Waals surface area (Å²) in [6.07, 6.45) is 5.75. The lowest BCUT2D eigenvalue weighted by molar-refractivity contribution is 0.806. The van der Waals surface area contributed by atoms with Gasteiger partial charge in [-0.1, -0.05) is 12.1 Å². The SMILES string of the molecule is C=Nc1cccc(CCN(N)c2cc(-c3ccc(C)nc3)ncn2)c1N=CC. The first-order valence-electron chi connectivity index (χ1n) is 8.97. The molecule has 2 N–H and O–H groups in total. The van der Waals surface area contributed by atoms with E-state index >= 15 is 0 Å². The van der Waals surface area contributed by atoms with Crippen molar-refractivity contribution in [3.8, 4) is 11.3 Å². The van der Waals surface area contributed by atoms with E-state index in [-0.39, 0.29) is 0 Å². The van der Waals surface area contributed by atoms with Crippen LogP contribution in [0.15, 0.2) is 58.9 Å². The number of anilines is 1. The van der Waals surface area contributed by atoms with Crippen LogP contribution in [0.25, 0.3) is 11.3 Å². The molecule has 0 radical (unpaired) electrons. The summed E-state index contributed by atoms with van der Waals surface area (Å²) in [4.78, 5) is 21.4. The number of hydrogen-bond donors (Lipinski definition) is 1. The van der Waals surface area contributed by atoms with Gasteiger partial charge in [-0.15, -0.1) is 0 Å². The van der Waals surface area contributed by atoms with Gasteiger partial charge in [-0.05, 0) is 50.7 Å². The molecule has 1 aromatic carbocycles. The van der Waals surface area contributed by atoms with Gasteiger partial charge in [0.2, 0.25) is 0 Å². The van der Waals surface area contributed by atoms with Gasteiger partial charge in [-0.3, -0.25) is 20.0 Å². The highest BCUT2D eigenvalue weighted by atomic mass is 15.4. The molecule has 7 nitrogen and oxygen atoms in total. The molecular formula is C21H23N7. The second kappa shape index (κ2) is 8.96. The van der Waals surface area contributed by atoms with Crippen molar-refractivity contribution in [1.29, 1.82) is 0 Å². The Hall–Kier alpha value is -3.45. The fraction of sp³-hybridized carbons (Fsp3) is 0.190. The number of nitrogens with two attached hydrogens (primary N) is 1. The Bertz CT molecular complexity index is 980. The van der Waals surface area contributed by atoms with Crippen LogP contribution in [-0.2, 0) is 6.42 Å². The van der Waals surface area contributed by atoms with Gasteiger partial charge in [-0.25, -0.2) is 15.8 Å². The van der Waals surface area contributed by atoms with Crippen LogP contribution in [0.2, 0.25) is 0 Å². The number of aromatic nitrogens is 3. The molecule has 0 atom stereocenters. The summed E-state index contributed by atoms with van der Waals surface area (Å²) in [6, 6.07) is 11.7. The first-order chi connectivity index (χ1) is 13.6. The predicted molar refractivity (Wildman–Crippen MR) is 115 cm³/mol. The van der Waals surface area contributed by atoms with E-state index in [2.05, 4.69) is 31.7 Å². The molecule has 0 aliphatic rings. The average molecular weight is 373 g/mol. The average Bonchev–Trinajstić information content (AvgIpc) is 2.73. The monoisotopic (exact) mass is 373 g/mol. The molecule has 0 saturated heterocycles. The highest BCUT2D eigenvalue weighted by molar-refractivity contribution is 5.73. The van der Waals surface area contributed by atoms with E-state index in [1.54, 1.807) is 17.4 Å². The molecule has 2 heterocycles. The Morgan fingerprint density at radius 1 is 1.18 bits per heavy atom. The lowest BCUT2D eigenvalue weighted by Gasteiger charge is -2.18. The van der Waals surface area contributed by atoms with Crippen molar-refractivity contribution >= 4 is 30.1 Å². The lowest BCUT2D eigenvalue weighted by atomic mass is 10.1. The zero-order chi connectivity index (χ0) is 19.9. The Morgan fingerprint density at radius 3 is 2.75 bits per heavy atom. The van der Waals surface area contributed by atoms with Crippen molar-refractivity contribution in [2.75, 3.05) is 11.6 Å². The number of rotatable bonds is 7. The number of nitrogens with zero attached hydrogens (tertiary/aromatic N) is 6. The van der Waals surface area contributed by atoms with Gasteiger partial charge in [0.1, 0.15) is 12.1 Å². The van der Waals surface area contributed by atoms with E-state index in [1.165, 1.54) is 6.33 Å². The molecule has 3 aromatic rings. The van der Waals surface area contributed by atoms with Crippen molar-refractivity contribution in [2.24, 2.45) is 15.8 Å². The zero-order valence-electron chi connectivity index (χ0n) is 16.1. The summed E-state index contributed by atoms with van der Waals surface area (Å²) in [5, 5.41) is 1.61. The number of aryl methyl sites for hydroxylation is 1. The van der Waals surface area contributed by atoms with Crippen molar-refractivity contribution in [2.45, 2.75) is 20.3 Å². The molecule has 0 amide bonds. The van der Waals surface area contributed by atoms with E-state index in [0.29, 0.717) is 18.8 Å². The molecule has 0 fully saturated rings. The fourth-order valence-corrected chi connectivity index (χ4v) is 2.82. The lowest BCUT2D eigenvalue weighted by Crippen LogP contribution is -2.33. The van der Waals surface area contributed by atoms with Crippen molar-refractivity contribution in [1.82, 2.24) is 15.0 Å². The van der Waals surface area contributed by atoms with E-state index in [4.69, 9.17) is 5.84 Å². The second-order valence-corrected chi connectivity index (χ2v) is 6.22. The summed E-state index contributed by atoms with van der Waals surface area (Å²) in [5.74, 6) is 6.90. The second-order valence-electron chi connectivity index (χ2n) is 6.22. The number of para-hydroxylation sites is 1. The Morgan fingerprint density at radius 2 is 2.04 bits per heavy atom. The van der Waals surface area contributed by atoms with Crippen LogP contribution < -0.4 is 10.9 Å². The molecule has 0 spiro atoms. The molecule has 7 heteroatoms. The van der Waals surface area contributed by atoms with Crippen molar-refractivity contribution in [3.63, 3.8) is 0 Å². The van der Waals surface area contributed by atoms with Crippen LogP contribution in [0, 0.1) is 6.92 Å². The highest BCUT2D eigenvalue weighted by Crippen LogP contribution is 2.31. The number of hydrogen-bond acceptors (Lipinski definition) is 7. The van der Waals surface area contributed by atoms with Crippen LogP contribution >= 0.6 is 0 Å². The van der Waals surface area contributed by atoms with Gasteiger partial charge in [-0.2, -0.15) is 0 Å². The number of benzene rings is 1. The third-order valence-corrected chi connectivity index (χ3v) is 4.30.